The third-order valence-electron chi connectivity index (χ3n) is 2.89. The number of para-hydroxylation sites is 1. The van der Waals surface area contributed by atoms with Gasteiger partial charge in [0.15, 0.2) is 0 Å². The van der Waals surface area contributed by atoms with E-state index in [0.29, 0.717) is 5.02 Å². The molecule has 0 fully saturated rings. The van der Waals surface area contributed by atoms with Crippen molar-refractivity contribution in [3.8, 4) is 0 Å². The summed E-state index contributed by atoms with van der Waals surface area (Å²) in [7, 11) is -3.85. The van der Waals surface area contributed by atoms with Gasteiger partial charge in [-0.3, -0.25) is 9.52 Å². The minimum Gasteiger partial charge on any atom is -0.366 e. The lowest BCUT2D eigenvalue weighted by Crippen LogP contribution is -2.18. The lowest BCUT2D eigenvalue weighted by Gasteiger charge is -2.11. The highest BCUT2D eigenvalue weighted by Gasteiger charge is 2.18. The fourth-order valence-electron chi connectivity index (χ4n) is 1.73. The highest BCUT2D eigenvalue weighted by atomic mass is 35.5. The highest BCUT2D eigenvalue weighted by Crippen LogP contribution is 2.23. The summed E-state index contributed by atoms with van der Waals surface area (Å²) >= 11 is 5.94. The molecule has 0 unspecified atom stereocenters. The smallest absolute Gasteiger partial charge is 0.261 e. The molecular weight excluding hydrogens is 312 g/mol. The lowest BCUT2D eigenvalue weighted by molar-refractivity contribution is 0.100. The second kappa shape index (κ2) is 5.75. The monoisotopic (exact) mass is 324 g/mol. The maximum atomic E-state index is 12.3. The zero-order chi connectivity index (χ0) is 15.6. The van der Waals surface area contributed by atoms with Gasteiger partial charge < -0.3 is 5.73 Å². The standard InChI is InChI=1S/C14H13ClN2O3S/c1-9-6-7-10(8-12(9)15)21(19,20)17-13-5-3-2-4-11(13)14(16)18/h2-8,17H,1H3,(H2,16,18). The fraction of sp³-hybridized carbons (Fsp3) is 0.0714. The third kappa shape index (κ3) is 3.34. The van der Waals surface area contributed by atoms with Crippen LogP contribution in [-0.4, -0.2) is 14.3 Å². The van der Waals surface area contributed by atoms with Gasteiger partial charge in [0.2, 0.25) is 0 Å². The Kier molecular flexibility index (Phi) is 4.20. The number of carbonyl (C=O) groups is 1. The van der Waals surface area contributed by atoms with Gasteiger partial charge in [-0.1, -0.05) is 29.8 Å². The van der Waals surface area contributed by atoms with E-state index in [2.05, 4.69) is 4.72 Å². The van der Waals surface area contributed by atoms with Gasteiger partial charge in [0.25, 0.3) is 15.9 Å². The quantitative estimate of drug-likeness (QED) is 0.905. The predicted molar refractivity (Wildman–Crippen MR) is 82.0 cm³/mol. The average molecular weight is 325 g/mol. The molecule has 21 heavy (non-hydrogen) atoms. The van der Waals surface area contributed by atoms with Gasteiger partial charge in [0, 0.05) is 5.02 Å². The van der Waals surface area contributed by atoms with Crippen LogP contribution in [0.2, 0.25) is 5.02 Å². The zero-order valence-electron chi connectivity index (χ0n) is 11.1. The third-order valence-corrected chi connectivity index (χ3v) is 4.66. The van der Waals surface area contributed by atoms with Crippen molar-refractivity contribution in [3.05, 3.63) is 58.6 Å². The molecule has 0 bridgehead atoms. The SMILES string of the molecule is Cc1ccc(S(=O)(=O)Nc2ccccc2C(N)=O)cc1Cl. The second-order valence-corrected chi connectivity index (χ2v) is 6.52. The number of primary amides is 1. The van der Waals surface area contributed by atoms with Gasteiger partial charge in [-0.25, -0.2) is 8.42 Å². The number of hydrogen-bond donors (Lipinski definition) is 2. The Labute approximate surface area is 127 Å². The molecule has 5 nitrogen and oxygen atoms in total. The molecule has 110 valence electrons. The van der Waals surface area contributed by atoms with Crippen molar-refractivity contribution < 1.29 is 13.2 Å². The molecule has 0 saturated carbocycles. The van der Waals surface area contributed by atoms with Crippen molar-refractivity contribution in [3.63, 3.8) is 0 Å². The Bertz CT molecular complexity index is 804. The van der Waals surface area contributed by atoms with Gasteiger partial charge in [-0.15, -0.1) is 0 Å². The molecule has 0 heterocycles. The van der Waals surface area contributed by atoms with Crippen molar-refractivity contribution in [1.82, 2.24) is 0 Å². The summed E-state index contributed by atoms with van der Waals surface area (Å²) in [6, 6.07) is 10.5. The van der Waals surface area contributed by atoms with Crippen LogP contribution in [0.1, 0.15) is 15.9 Å². The maximum absolute atomic E-state index is 12.3. The van der Waals surface area contributed by atoms with E-state index >= 15 is 0 Å². The van der Waals surface area contributed by atoms with Gasteiger partial charge in [0.1, 0.15) is 0 Å². The molecule has 0 atom stereocenters. The molecule has 0 saturated heterocycles. The van der Waals surface area contributed by atoms with Crippen molar-refractivity contribution in [1.29, 1.82) is 0 Å². The normalized spacial score (nSPS) is 11.1. The summed E-state index contributed by atoms with van der Waals surface area (Å²) < 4.78 is 27.0. The Morgan fingerprint density at radius 1 is 1.19 bits per heavy atom. The number of hydrogen-bond acceptors (Lipinski definition) is 3. The maximum Gasteiger partial charge on any atom is 0.261 e. The summed E-state index contributed by atoms with van der Waals surface area (Å²) in [5.74, 6) is -0.713. The van der Waals surface area contributed by atoms with Crippen LogP contribution in [0.3, 0.4) is 0 Å². The number of rotatable bonds is 4. The fourth-order valence-corrected chi connectivity index (χ4v) is 3.08. The molecule has 0 spiro atoms. The Balaban J connectivity index is 2.42. The minimum absolute atomic E-state index is 0.0115. The van der Waals surface area contributed by atoms with Crippen LogP contribution in [-0.2, 0) is 10.0 Å². The van der Waals surface area contributed by atoms with Crippen LogP contribution in [0.15, 0.2) is 47.4 Å². The molecular formula is C14H13ClN2O3S. The number of aryl methyl sites for hydroxylation is 1. The first-order chi connectivity index (χ1) is 9.81. The van der Waals surface area contributed by atoms with Crippen molar-refractivity contribution in [2.24, 2.45) is 5.73 Å². The molecule has 1 amide bonds. The van der Waals surface area contributed by atoms with Crippen molar-refractivity contribution >= 4 is 33.2 Å². The first-order valence-electron chi connectivity index (χ1n) is 5.99. The van der Waals surface area contributed by atoms with Crippen LogP contribution in [0.25, 0.3) is 0 Å². The van der Waals surface area contributed by atoms with E-state index in [-0.39, 0.29) is 16.1 Å². The Morgan fingerprint density at radius 3 is 2.48 bits per heavy atom. The van der Waals surface area contributed by atoms with Crippen LogP contribution >= 0.6 is 11.6 Å². The molecule has 2 aromatic rings. The number of nitrogens with two attached hydrogens (primary N) is 1. The minimum atomic E-state index is -3.85. The number of nitrogens with one attached hydrogen (secondary N) is 1. The summed E-state index contributed by atoms with van der Waals surface area (Å²) in [6.07, 6.45) is 0. The second-order valence-electron chi connectivity index (χ2n) is 4.43. The molecule has 0 aromatic heterocycles. The van der Waals surface area contributed by atoms with E-state index in [9.17, 15) is 13.2 Å². The molecule has 0 radical (unpaired) electrons. The van der Waals surface area contributed by atoms with E-state index in [1.807, 2.05) is 0 Å². The number of carbonyl (C=O) groups excluding carboxylic acids is 1. The largest absolute Gasteiger partial charge is 0.366 e. The van der Waals surface area contributed by atoms with E-state index < -0.39 is 15.9 Å². The first kappa shape index (κ1) is 15.3. The molecule has 0 aliphatic rings. The number of halogens is 1. The highest BCUT2D eigenvalue weighted by molar-refractivity contribution is 7.92. The molecule has 2 rings (SSSR count). The number of anilines is 1. The first-order valence-corrected chi connectivity index (χ1v) is 7.85. The van der Waals surface area contributed by atoms with E-state index in [1.165, 1.54) is 24.3 Å². The molecule has 3 N–H and O–H groups in total. The van der Waals surface area contributed by atoms with Crippen LogP contribution in [0.4, 0.5) is 5.69 Å². The summed E-state index contributed by atoms with van der Waals surface area (Å²) in [6.45, 7) is 1.77. The van der Waals surface area contributed by atoms with Gasteiger partial charge >= 0.3 is 0 Å². The Hall–Kier alpha value is -2.05. The van der Waals surface area contributed by atoms with Crippen molar-refractivity contribution in [2.45, 2.75) is 11.8 Å². The lowest BCUT2D eigenvalue weighted by atomic mass is 10.2. The predicted octanol–water partition coefficient (Wildman–Crippen LogP) is 2.55. The number of sulfonamides is 1. The number of benzene rings is 2. The van der Waals surface area contributed by atoms with Gasteiger partial charge in [0.05, 0.1) is 16.1 Å². The van der Waals surface area contributed by atoms with Crippen molar-refractivity contribution in [2.75, 3.05) is 4.72 Å². The molecule has 7 heteroatoms. The van der Waals surface area contributed by atoms with E-state index in [1.54, 1.807) is 25.1 Å². The summed E-state index contributed by atoms with van der Waals surface area (Å²) in [4.78, 5) is 11.3. The van der Waals surface area contributed by atoms with E-state index in [0.717, 1.165) is 5.56 Å². The topological polar surface area (TPSA) is 89.3 Å². The zero-order valence-corrected chi connectivity index (χ0v) is 12.7. The summed E-state index contributed by atoms with van der Waals surface area (Å²) in [5.41, 5.74) is 6.22. The Morgan fingerprint density at radius 2 is 1.86 bits per heavy atom. The van der Waals surface area contributed by atoms with Crippen LogP contribution in [0, 0.1) is 6.92 Å². The molecule has 2 aromatic carbocycles. The van der Waals surface area contributed by atoms with E-state index in [4.69, 9.17) is 17.3 Å². The summed E-state index contributed by atoms with van der Waals surface area (Å²) in [5, 5.41) is 0.348. The molecule has 0 aliphatic carbocycles. The van der Waals surface area contributed by atoms with Crippen LogP contribution in [0.5, 0.6) is 0 Å². The average Bonchev–Trinajstić information content (AvgIpc) is 2.41. The molecule has 0 aliphatic heterocycles. The van der Waals surface area contributed by atoms with Gasteiger partial charge in [-0.2, -0.15) is 0 Å². The number of amides is 1. The van der Waals surface area contributed by atoms with Crippen LogP contribution < -0.4 is 10.5 Å². The van der Waals surface area contributed by atoms with Gasteiger partial charge in [-0.05, 0) is 36.8 Å².